The van der Waals surface area contributed by atoms with Crippen molar-refractivity contribution in [1.82, 2.24) is 5.32 Å². The number of hydrogen-bond donors (Lipinski definition) is 2. The van der Waals surface area contributed by atoms with Crippen molar-refractivity contribution in [3.63, 3.8) is 0 Å². The molecule has 1 atom stereocenters. The topological polar surface area (TPSA) is 41.1 Å². The average molecular weight is 230 g/mol. The van der Waals surface area contributed by atoms with E-state index < -0.39 is 0 Å². The van der Waals surface area contributed by atoms with Crippen LogP contribution >= 0.6 is 0 Å². The molecule has 0 aliphatic carbocycles. The highest BCUT2D eigenvalue weighted by Crippen LogP contribution is 2.11. The number of terminal acetylenes is 1. The summed E-state index contributed by atoms with van der Waals surface area (Å²) in [7, 11) is 0. The van der Waals surface area contributed by atoms with Crippen molar-refractivity contribution in [1.29, 1.82) is 0 Å². The standard InChI is InChI=1S/C14H18N2O/c1-4-10-15-14(17)11(3)16-13-8-6-12(5-2)7-9-13/h1,6-9,11,16H,5,10H2,2-3H3,(H,15,17)/t11-/m0/s1. The number of amides is 1. The summed E-state index contributed by atoms with van der Waals surface area (Å²) < 4.78 is 0. The van der Waals surface area contributed by atoms with Gasteiger partial charge in [-0.15, -0.1) is 6.42 Å². The third kappa shape index (κ3) is 4.20. The molecule has 17 heavy (non-hydrogen) atoms. The molecule has 0 heterocycles. The zero-order valence-corrected chi connectivity index (χ0v) is 10.3. The molecule has 1 aromatic carbocycles. The number of hydrogen-bond acceptors (Lipinski definition) is 2. The molecular formula is C14H18N2O. The highest BCUT2D eigenvalue weighted by molar-refractivity contribution is 5.84. The van der Waals surface area contributed by atoms with E-state index in [2.05, 4.69) is 23.5 Å². The van der Waals surface area contributed by atoms with E-state index in [-0.39, 0.29) is 18.5 Å². The second-order valence-electron chi connectivity index (χ2n) is 3.84. The van der Waals surface area contributed by atoms with Crippen molar-refractivity contribution in [2.45, 2.75) is 26.3 Å². The zero-order valence-electron chi connectivity index (χ0n) is 10.3. The molecule has 0 aromatic heterocycles. The molecule has 0 saturated carbocycles. The van der Waals surface area contributed by atoms with Gasteiger partial charge >= 0.3 is 0 Å². The van der Waals surface area contributed by atoms with Crippen molar-refractivity contribution < 1.29 is 4.79 Å². The Labute approximate surface area is 103 Å². The lowest BCUT2D eigenvalue weighted by molar-refractivity contribution is -0.121. The van der Waals surface area contributed by atoms with Crippen LogP contribution in [0.15, 0.2) is 24.3 Å². The number of nitrogens with one attached hydrogen (secondary N) is 2. The van der Waals surface area contributed by atoms with Gasteiger partial charge in [-0.25, -0.2) is 0 Å². The molecular weight excluding hydrogens is 212 g/mol. The summed E-state index contributed by atoms with van der Waals surface area (Å²) in [5, 5.41) is 5.76. The van der Waals surface area contributed by atoms with Crippen LogP contribution in [0.2, 0.25) is 0 Å². The quantitative estimate of drug-likeness (QED) is 0.757. The molecule has 0 bridgehead atoms. The fourth-order valence-electron chi connectivity index (χ4n) is 1.44. The van der Waals surface area contributed by atoms with Crippen LogP contribution in [-0.4, -0.2) is 18.5 Å². The lowest BCUT2D eigenvalue weighted by Crippen LogP contribution is -2.37. The van der Waals surface area contributed by atoms with E-state index in [9.17, 15) is 4.79 Å². The highest BCUT2D eigenvalue weighted by atomic mass is 16.2. The molecule has 0 saturated heterocycles. The van der Waals surface area contributed by atoms with E-state index in [1.807, 2.05) is 24.3 Å². The molecule has 90 valence electrons. The van der Waals surface area contributed by atoms with Crippen LogP contribution in [0.4, 0.5) is 5.69 Å². The van der Waals surface area contributed by atoms with Crippen LogP contribution in [0.3, 0.4) is 0 Å². The number of benzene rings is 1. The van der Waals surface area contributed by atoms with Gasteiger partial charge in [0.25, 0.3) is 0 Å². The van der Waals surface area contributed by atoms with Crippen molar-refractivity contribution in [3.8, 4) is 12.3 Å². The second-order valence-corrected chi connectivity index (χ2v) is 3.84. The first kappa shape index (κ1) is 13.1. The van der Waals surface area contributed by atoms with Crippen molar-refractivity contribution >= 4 is 11.6 Å². The van der Waals surface area contributed by atoms with Crippen molar-refractivity contribution in [2.24, 2.45) is 0 Å². The monoisotopic (exact) mass is 230 g/mol. The van der Waals surface area contributed by atoms with E-state index in [4.69, 9.17) is 6.42 Å². The van der Waals surface area contributed by atoms with E-state index in [1.54, 1.807) is 6.92 Å². The minimum atomic E-state index is -0.296. The Hall–Kier alpha value is -1.95. The molecule has 3 nitrogen and oxygen atoms in total. The van der Waals surface area contributed by atoms with Gasteiger partial charge in [-0.1, -0.05) is 25.0 Å². The molecule has 0 spiro atoms. The average Bonchev–Trinajstić information content (AvgIpc) is 2.36. The molecule has 1 rings (SSSR count). The van der Waals surface area contributed by atoms with Gasteiger partial charge in [-0.2, -0.15) is 0 Å². The minimum absolute atomic E-state index is 0.0949. The van der Waals surface area contributed by atoms with E-state index in [1.165, 1.54) is 5.56 Å². The minimum Gasteiger partial charge on any atom is -0.374 e. The van der Waals surface area contributed by atoms with Crippen molar-refractivity contribution in [2.75, 3.05) is 11.9 Å². The summed E-state index contributed by atoms with van der Waals surface area (Å²) in [6, 6.07) is 7.76. The molecule has 1 aromatic rings. The van der Waals surface area contributed by atoms with Gasteiger partial charge in [-0.3, -0.25) is 4.79 Å². The van der Waals surface area contributed by atoms with Gasteiger partial charge in [0.2, 0.25) is 5.91 Å². The maximum absolute atomic E-state index is 11.6. The Kier molecular flexibility index (Phi) is 5.09. The van der Waals surface area contributed by atoms with Crippen LogP contribution < -0.4 is 10.6 Å². The normalized spacial score (nSPS) is 11.4. The molecule has 0 radical (unpaired) electrons. The van der Waals surface area contributed by atoms with Gasteiger partial charge in [0.1, 0.15) is 6.04 Å². The fourth-order valence-corrected chi connectivity index (χ4v) is 1.44. The first-order valence-electron chi connectivity index (χ1n) is 5.74. The van der Waals surface area contributed by atoms with Gasteiger partial charge in [0.15, 0.2) is 0 Å². The maximum atomic E-state index is 11.6. The predicted molar refractivity (Wildman–Crippen MR) is 70.7 cm³/mol. The zero-order chi connectivity index (χ0) is 12.7. The first-order valence-corrected chi connectivity index (χ1v) is 5.74. The molecule has 0 unspecified atom stereocenters. The van der Waals surface area contributed by atoms with E-state index in [0.29, 0.717) is 0 Å². The third-order valence-electron chi connectivity index (χ3n) is 2.50. The molecule has 2 N–H and O–H groups in total. The summed E-state index contributed by atoms with van der Waals surface area (Å²) in [5.74, 6) is 2.28. The molecule has 0 fully saturated rings. The Bertz CT molecular complexity index is 403. The number of anilines is 1. The van der Waals surface area contributed by atoms with E-state index >= 15 is 0 Å². The molecule has 0 aliphatic rings. The summed E-state index contributed by atoms with van der Waals surface area (Å²) >= 11 is 0. The van der Waals surface area contributed by atoms with Crippen LogP contribution in [-0.2, 0) is 11.2 Å². The molecule has 0 aliphatic heterocycles. The van der Waals surface area contributed by atoms with Crippen LogP contribution in [0, 0.1) is 12.3 Å². The number of carbonyl (C=O) groups is 1. The van der Waals surface area contributed by atoms with E-state index in [0.717, 1.165) is 12.1 Å². The van der Waals surface area contributed by atoms with Crippen LogP contribution in [0.1, 0.15) is 19.4 Å². The Balaban J connectivity index is 2.52. The van der Waals surface area contributed by atoms with Gasteiger partial charge in [0, 0.05) is 5.69 Å². The second kappa shape index (κ2) is 6.59. The van der Waals surface area contributed by atoms with Gasteiger partial charge in [0.05, 0.1) is 6.54 Å². The largest absolute Gasteiger partial charge is 0.374 e. The Morgan fingerprint density at radius 2 is 2.06 bits per heavy atom. The number of rotatable bonds is 5. The summed E-state index contributed by atoms with van der Waals surface area (Å²) in [4.78, 5) is 11.6. The van der Waals surface area contributed by atoms with Crippen LogP contribution in [0.5, 0.6) is 0 Å². The molecule has 1 amide bonds. The van der Waals surface area contributed by atoms with Gasteiger partial charge in [-0.05, 0) is 31.0 Å². The predicted octanol–water partition coefficient (Wildman–Crippen LogP) is 1.80. The Morgan fingerprint density at radius 1 is 1.41 bits per heavy atom. The number of carbonyl (C=O) groups excluding carboxylic acids is 1. The smallest absolute Gasteiger partial charge is 0.242 e. The third-order valence-corrected chi connectivity index (χ3v) is 2.50. The van der Waals surface area contributed by atoms with Crippen molar-refractivity contribution in [3.05, 3.63) is 29.8 Å². The highest BCUT2D eigenvalue weighted by Gasteiger charge is 2.10. The fraction of sp³-hybridized carbons (Fsp3) is 0.357. The summed E-state index contributed by atoms with van der Waals surface area (Å²) in [6.07, 6.45) is 6.09. The SMILES string of the molecule is C#CCNC(=O)[C@H](C)Nc1ccc(CC)cc1. The maximum Gasteiger partial charge on any atom is 0.242 e. The summed E-state index contributed by atoms with van der Waals surface area (Å²) in [6.45, 7) is 4.18. The Morgan fingerprint density at radius 3 is 2.59 bits per heavy atom. The lowest BCUT2D eigenvalue weighted by Gasteiger charge is -2.14. The van der Waals surface area contributed by atoms with Gasteiger partial charge < -0.3 is 10.6 Å². The lowest BCUT2D eigenvalue weighted by atomic mass is 10.1. The number of aryl methyl sites for hydroxylation is 1. The summed E-state index contributed by atoms with van der Waals surface area (Å²) in [5.41, 5.74) is 2.21. The first-order chi connectivity index (χ1) is 8.17. The van der Waals surface area contributed by atoms with Crippen LogP contribution in [0.25, 0.3) is 0 Å². The molecule has 3 heteroatoms.